The Morgan fingerprint density at radius 1 is 1.39 bits per heavy atom. The van der Waals surface area contributed by atoms with Gasteiger partial charge in [-0.2, -0.15) is 0 Å². The van der Waals surface area contributed by atoms with Crippen molar-refractivity contribution in [2.45, 2.75) is 33.3 Å². The predicted octanol–water partition coefficient (Wildman–Crippen LogP) is 4.31. The molecule has 0 bridgehead atoms. The monoisotopic (exact) mass is 426 g/mol. The number of aliphatic hydroxyl groups is 1. The molecule has 0 fully saturated rings. The summed E-state index contributed by atoms with van der Waals surface area (Å²) >= 11 is 11.4. The van der Waals surface area contributed by atoms with Gasteiger partial charge in [-0.25, -0.2) is 9.69 Å². The third kappa shape index (κ3) is 4.74. The van der Waals surface area contributed by atoms with Gasteiger partial charge in [0, 0.05) is 12.5 Å². The Kier molecular flexibility index (Phi) is 6.56. The number of methoxy groups -OCH3 is 1. The summed E-state index contributed by atoms with van der Waals surface area (Å²) in [6.07, 6.45) is -0.794. The van der Waals surface area contributed by atoms with Crippen molar-refractivity contribution in [3.63, 3.8) is 0 Å². The molecule has 2 amide bonds. The third-order valence-electron chi connectivity index (χ3n) is 3.90. The number of imide groups is 1. The number of carbonyl (C=O) groups excluding carboxylic acids is 2. The molecule has 1 heterocycles. The Bertz CT molecular complexity index is 847. The van der Waals surface area contributed by atoms with E-state index in [4.69, 9.17) is 33.3 Å². The first-order valence-corrected chi connectivity index (χ1v) is 9.36. The van der Waals surface area contributed by atoms with Crippen LogP contribution in [0.25, 0.3) is 0 Å². The number of halogens is 1. The average molecular weight is 427 g/mol. The molecular weight excluding hydrogens is 404 g/mol. The summed E-state index contributed by atoms with van der Waals surface area (Å²) in [6.45, 7) is 6.78. The van der Waals surface area contributed by atoms with Crippen LogP contribution in [-0.4, -0.2) is 46.3 Å². The number of anilines is 1. The van der Waals surface area contributed by atoms with Crippen LogP contribution < -0.4 is 10.1 Å². The SMILES string of the molecule is COc1c(Cl)cccc1NC(=S)C1=C(O)C(C)CN(C(=O)OC(C)(C)C)C1=O. The number of hydrogen-bond acceptors (Lipinski definition) is 6. The van der Waals surface area contributed by atoms with Crippen LogP contribution in [0.2, 0.25) is 5.02 Å². The molecule has 1 aliphatic rings. The number of para-hydroxylation sites is 1. The van der Waals surface area contributed by atoms with Crippen LogP contribution in [0.1, 0.15) is 27.7 Å². The molecule has 152 valence electrons. The number of carbonyl (C=O) groups is 2. The molecule has 0 saturated carbocycles. The second-order valence-corrected chi connectivity index (χ2v) is 8.15. The summed E-state index contributed by atoms with van der Waals surface area (Å²) in [6, 6.07) is 4.99. The summed E-state index contributed by atoms with van der Waals surface area (Å²) in [5.41, 5.74) is -0.506. The van der Waals surface area contributed by atoms with E-state index in [0.29, 0.717) is 16.5 Å². The largest absolute Gasteiger partial charge is 0.511 e. The second-order valence-electron chi connectivity index (χ2n) is 7.33. The zero-order valence-corrected chi connectivity index (χ0v) is 17.9. The molecule has 0 aliphatic carbocycles. The first-order chi connectivity index (χ1) is 13.0. The van der Waals surface area contributed by atoms with Crippen LogP contribution in [-0.2, 0) is 9.53 Å². The van der Waals surface area contributed by atoms with E-state index in [9.17, 15) is 14.7 Å². The minimum atomic E-state index is -0.794. The maximum absolute atomic E-state index is 12.9. The van der Waals surface area contributed by atoms with Gasteiger partial charge in [-0.1, -0.05) is 36.8 Å². The quantitative estimate of drug-likeness (QED) is 0.696. The zero-order chi connectivity index (χ0) is 21.2. The Hall–Kier alpha value is -2.32. The fourth-order valence-electron chi connectivity index (χ4n) is 2.62. The van der Waals surface area contributed by atoms with Crippen molar-refractivity contribution < 1.29 is 24.2 Å². The highest BCUT2D eigenvalue weighted by atomic mass is 35.5. The van der Waals surface area contributed by atoms with Gasteiger partial charge < -0.3 is 19.9 Å². The van der Waals surface area contributed by atoms with Crippen LogP contribution in [0.5, 0.6) is 5.75 Å². The van der Waals surface area contributed by atoms with Gasteiger partial charge in [0.15, 0.2) is 5.75 Å². The maximum Gasteiger partial charge on any atom is 0.417 e. The number of ether oxygens (including phenoxy) is 2. The summed E-state index contributed by atoms with van der Waals surface area (Å²) < 4.78 is 10.5. The van der Waals surface area contributed by atoms with Crippen molar-refractivity contribution in [1.82, 2.24) is 4.90 Å². The molecule has 0 saturated heterocycles. The van der Waals surface area contributed by atoms with Gasteiger partial charge in [0.25, 0.3) is 5.91 Å². The normalized spacial score (nSPS) is 17.4. The van der Waals surface area contributed by atoms with Gasteiger partial charge in [0.05, 0.1) is 17.8 Å². The van der Waals surface area contributed by atoms with Crippen LogP contribution in [0.4, 0.5) is 10.5 Å². The summed E-state index contributed by atoms with van der Waals surface area (Å²) in [7, 11) is 1.45. The number of aliphatic hydroxyl groups excluding tert-OH is 1. The van der Waals surface area contributed by atoms with E-state index >= 15 is 0 Å². The molecule has 1 aromatic carbocycles. The second kappa shape index (κ2) is 8.36. The molecule has 1 atom stereocenters. The van der Waals surface area contributed by atoms with Crippen LogP contribution in [0.15, 0.2) is 29.5 Å². The molecule has 2 N–H and O–H groups in total. The smallest absolute Gasteiger partial charge is 0.417 e. The number of thiocarbonyl (C=S) groups is 1. The van der Waals surface area contributed by atoms with E-state index < -0.39 is 23.5 Å². The topological polar surface area (TPSA) is 88.1 Å². The van der Waals surface area contributed by atoms with Gasteiger partial charge in [-0.05, 0) is 32.9 Å². The van der Waals surface area contributed by atoms with E-state index in [-0.39, 0.29) is 22.9 Å². The van der Waals surface area contributed by atoms with Gasteiger partial charge in [-0.3, -0.25) is 4.79 Å². The van der Waals surface area contributed by atoms with Gasteiger partial charge in [0.1, 0.15) is 21.9 Å². The van der Waals surface area contributed by atoms with Crippen LogP contribution >= 0.6 is 23.8 Å². The number of amides is 2. The van der Waals surface area contributed by atoms with Gasteiger partial charge >= 0.3 is 6.09 Å². The molecule has 0 spiro atoms. The predicted molar refractivity (Wildman–Crippen MR) is 111 cm³/mol. The van der Waals surface area contributed by atoms with Crippen molar-refractivity contribution in [2.75, 3.05) is 19.0 Å². The highest BCUT2D eigenvalue weighted by Crippen LogP contribution is 2.34. The first-order valence-electron chi connectivity index (χ1n) is 8.58. The lowest BCUT2D eigenvalue weighted by molar-refractivity contribution is -0.127. The van der Waals surface area contributed by atoms with Crippen molar-refractivity contribution >= 4 is 46.5 Å². The molecule has 28 heavy (non-hydrogen) atoms. The minimum absolute atomic E-state index is 0.00776. The first kappa shape index (κ1) is 22.0. The van der Waals surface area contributed by atoms with Gasteiger partial charge in [-0.15, -0.1) is 0 Å². The molecule has 7 nitrogen and oxygen atoms in total. The maximum atomic E-state index is 12.9. The summed E-state index contributed by atoms with van der Waals surface area (Å²) in [5.74, 6) is -1.08. The summed E-state index contributed by atoms with van der Waals surface area (Å²) in [5, 5.41) is 13.7. The molecule has 9 heteroatoms. The Labute approximate surface area is 174 Å². The van der Waals surface area contributed by atoms with E-state index in [1.165, 1.54) is 7.11 Å². The number of hydrogen-bond donors (Lipinski definition) is 2. The lowest BCUT2D eigenvalue weighted by Gasteiger charge is -2.32. The van der Waals surface area contributed by atoms with Crippen LogP contribution in [0, 0.1) is 5.92 Å². The van der Waals surface area contributed by atoms with E-state index in [2.05, 4.69) is 5.32 Å². The van der Waals surface area contributed by atoms with Crippen molar-refractivity contribution in [1.29, 1.82) is 0 Å². The molecule has 1 aromatic rings. The lowest BCUT2D eigenvalue weighted by Crippen LogP contribution is -2.48. The molecule has 1 aliphatic heterocycles. The molecule has 2 rings (SSSR count). The number of rotatable bonds is 3. The lowest BCUT2D eigenvalue weighted by atomic mass is 9.98. The number of nitrogens with zero attached hydrogens (tertiary/aromatic N) is 1. The minimum Gasteiger partial charge on any atom is -0.511 e. The standard InChI is InChI=1S/C19H23ClN2O5S/c1-10-9-22(18(25)27-19(2,3)4)17(24)13(14(10)23)16(28)21-12-8-6-7-11(20)15(12)26-5/h6-8,10,23H,9H2,1-5H3,(H,21,28). The average Bonchev–Trinajstić information content (AvgIpc) is 2.57. The van der Waals surface area contributed by atoms with Crippen molar-refractivity contribution in [3.8, 4) is 5.75 Å². The fraction of sp³-hybridized carbons (Fsp3) is 0.421. The van der Waals surface area contributed by atoms with E-state index in [1.54, 1.807) is 45.9 Å². The van der Waals surface area contributed by atoms with E-state index in [0.717, 1.165) is 4.90 Å². The fourth-order valence-corrected chi connectivity index (χ4v) is 3.18. The number of nitrogens with one attached hydrogen (secondary N) is 1. The Morgan fingerprint density at radius 3 is 2.61 bits per heavy atom. The van der Waals surface area contributed by atoms with Gasteiger partial charge in [0.2, 0.25) is 0 Å². The van der Waals surface area contributed by atoms with E-state index in [1.807, 2.05) is 0 Å². The van der Waals surface area contributed by atoms with Crippen LogP contribution in [0.3, 0.4) is 0 Å². The zero-order valence-electron chi connectivity index (χ0n) is 16.3. The Morgan fingerprint density at radius 2 is 2.04 bits per heavy atom. The van der Waals surface area contributed by atoms with Crippen molar-refractivity contribution in [2.24, 2.45) is 5.92 Å². The highest BCUT2D eigenvalue weighted by molar-refractivity contribution is 7.81. The third-order valence-corrected chi connectivity index (χ3v) is 4.50. The number of benzene rings is 1. The summed E-state index contributed by atoms with van der Waals surface area (Å²) in [4.78, 5) is 26.2. The molecular formula is C19H23ClN2O5S. The molecule has 1 unspecified atom stereocenters. The Balaban J connectivity index is 2.33. The highest BCUT2D eigenvalue weighted by Gasteiger charge is 2.39. The molecule has 0 radical (unpaired) electrons. The molecule has 0 aromatic heterocycles. The van der Waals surface area contributed by atoms with Crippen molar-refractivity contribution in [3.05, 3.63) is 34.6 Å².